The van der Waals surface area contributed by atoms with Crippen molar-refractivity contribution in [2.45, 2.75) is 26.2 Å². The number of nitrogens with zero attached hydrogens (tertiary/aromatic N) is 4. The molecule has 0 spiro atoms. The van der Waals surface area contributed by atoms with Crippen molar-refractivity contribution in [3.05, 3.63) is 412 Å². The van der Waals surface area contributed by atoms with Crippen LogP contribution < -0.4 is 52.4 Å². The molecule has 6 heteroatoms. The molecule has 0 aromatic heterocycles. The van der Waals surface area contributed by atoms with Crippen LogP contribution in [0.3, 0.4) is 0 Å². The fourth-order valence-electron chi connectivity index (χ4n) is 18.1. The van der Waals surface area contributed by atoms with Crippen molar-refractivity contribution >= 4 is 114 Å². The summed E-state index contributed by atoms with van der Waals surface area (Å²) < 4.78 is 0. The zero-order valence-corrected chi connectivity index (χ0v) is 62.6. The van der Waals surface area contributed by atoms with E-state index in [0.717, 1.165) is 56.1 Å². The Morgan fingerprint density at radius 1 is 0.179 bits per heavy atom. The minimum atomic E-state index is -0.177. The molecule has 0 atom stereocenters. The van der Waals surface area contributed by atoms with Crippen molar-refractivity contribution in [2.75, 3.05) is 19.6 Å². The van der Waals surface area contributed by atoms with Crippen molar-refractivity contribution in [3.63, 3.8) is 0 Å². The van der Waals surface area contributed by atoms with Crippen LogP contribution in [0.4, 0.5) is 68.2 Å². The molecule has 4 aliphatic rings. The van der Waals surface area contributed by atoms with Gasteiger partial charge in [-0.05, 0) is 224 Å². The summed E-state index contributed by atoms with van der Waals surface area (Å²) >= 11 is 0. The van der Waals surface area contributed by atoms with Gasteiger partial charge in [-0.15, -0.1) is 0 Å². The van der Waals surface area contributed by atoms with Crippen LogP contribution in [0, 0.1) is 0 Å². The Morgan fingerprint density at radius 2 is 0.473 bits per heavy atom. The highest BCUT2D eigenvalue weighted by molar-refractivity contribution is 7.01. The summed E-state index contributed by atoms with van der Waals surface area (Å²) in [4.78, 5) is 10.2. The highest BCUT2D eigenvalue weighted by Gasteiger charge is 2.46. The third-order valence-corrected chi connectivity index (χ3v) is 23.6. The van der Waals surface area contributed by atoms with Crippen molar-refractivity contribution < 1.29 is 0 Å². The maximum absolute atomic E-state index is 2.60. The molecule has 0 saturated heterocycles. The zero-order chi connectivity index (χ0) is 74.5. The first-order chi connectivity index (χ1) is 55.2. The lowest BCUT2D eigenvalue weighted by Crippen LogP contribution is -2.61. The van der Waals surface area contributed by atoms with Crippen molar-refractivity contribution in [1.29, 1.82) is 0 Å². The molecule has 4 aliphatic heterocycles. The van der Waals surface area contributed by atoms with E-state index >= 15 is 0 Å². The number of fused-ring (bicyclic) bond motifs is 8. The smallest absolute Gasteiger partial charge is 0.252 e. The highest BCUT2D eigenvalue weighted by Crippen LogP contribution is 2.51. The van der Waals surface area contributed by atoms with Crippen molar-refractivity contribution in [2.24, 2.45) is 0 Å². The number of anilines is 12. The molecule has 0 aliphatic carbocycles. The van der Waals surface area contributed by atoms with Crippen LogP contribution in [0.2, 0.25) is 0 Å². The molecular formula is C106H76B2N4. The minimum Gasteiger partial charge on any atom is -0.311 e. The van der Waals surface area contributed by atoms with Gasteiger partial charge >= 0.3 is 0 Å². The zero-order valence-electron chi connectivity index (χ0n) is 62.6. The molecular weight excluding hydrogens is 1350 g/mol. The molecule has 4 nitrogen and oxygen atoms in total. The van der Waals surface area contributed by atoms with E-state index in [-0.39, 0.29) is 18.8 Å². The Balaban J connectivity index is 0.652. The standard InChI is InChI=1S/C106H76B2N4/c1-106(2,3)86-69-102-105-103(70-86)112(95-41-23-22-40-90(95)79-34-18-8-19-35-79)101-68-85(53-61-92(101)107(105)91-60-52-84(74-32-16-7-17-33-74)67-100(91)111(102)87-38-20-9-21-39-87)77-46-44-76(45-47-77)80-36-24-37-81(64-80)78-50-58-89(59-51-78)110-97-63-55-83(73-30-14-6-15-31-73)66-94(97)108-93-65-82(72-28-12-5-13-29-72)54-62-96(93)109(98-42-25-43-99(110)104(98)108)88-56-48-75(49-57-88)71-26-10-4-11-27-71/h4-70H,1-3H3. The normalized spacial score (nSPS) is 12.8. The number of para-hydroxylation sites is 2. The van der Waals surface area contributed by atoms with Crippen LogP contribution in [-0.4, -0.2) is 13.4 Å². The highest BCUT2D eigenvalue weighted by atomic mass is 15.2. The lowest BCUT2D eigenvalue weighted by atomic mass is 9.33. The predicted molar refractivity (Wildman–Crippen MR) is 477 cm³/mol. The Kier molecular flexibility index (Phi) is 16.0. The summed E-state index contributed by atoms with van der Waals surface area (Å²) in [7, 11) is 0. The predicted octanol–water partition coefficient (Wildman–Crippen LogP) is 24.5. The van der Waals surface area contributed by atoms with Gasteiger partial charge in [-0.3, -0.25) is 0 Å². The molecule has 112 heavy (non-hydrogen) atoms. The third-order valence-electron chi connectivity index (χ3n) is 23.6. The second kappa shape index (κ2) is 27.0. The molecule has 21 rings (SSSR count). The first-order valence-electron chi connectivity index (χ1n) is 39.1. The fourth-order valence-corrected chi connectivity index (χ4v) is 18.1. The Morgan fingerprint density at radius 3 is 0.946 bits per heavy atom. The van der Waals surface area contributed by atoms with Crippen LogP contribution in [0.15, 0.2) is 406 Å². The molecule has 0 amide bonds. The van der Waals surface area contributed by atoms with Crippen molar-refractivity contribution in [1.82, 2.24) is 0 Å². The maximum Gasteiger partial charge on any atom is 0.252 e. The first-order valence-corrected chi connectivity index (χ1v) is 39.1. The van der Waals surface area contributed by atoms with E-state index < -0.39 is 0 Å². The second-order valence-corrected chi connectivity index (χ2v) is 31.1. The Labute approximate surface area is 656 Å². The van der Waals surface area contributed by atoms with Gasteiger partial charge in [0, 0.05) is 68.1 Å². The maximum atomic E-state index is 2.60. The molecule has 0 saturated carbocycles. The number of hydrogen-bond acceptors (Lipinski definition) is 4. The summed E-state index contributed by atoms with van der Waals surface area (Å²) in [6, 6.07) is 152. The average molecular weight is 1430 g/mol. The van der Waals surface area contributed by atoms with Crippen LogP contribution in [-0.2, 0) is 5.41 Å². The Bertz CT molecular complexity index is 6470. The van der Waals surface area contributed by atoms with E-state index in [2.05, 4.69) is 447 Å². The van der Waals surface area contributed by atoms with Crippen LogP contribution in [0.25, 0.3) is 89.0 Å². The van der Waals surface area contributed by atoms with Gasteiger partial charge in [-0.2, -0.15) is 0 Å². The molecule has 17 aromatic carbocycles. The number of hydrogen-bond donors (Lipinski definition) is 0. The largest absolute Gasteiger partial charge is 0.311 e. The van der Waals surface area contributed by atoms with Crippen LogP contribution in [0.5, 0.6) is 0 Å². The third kappa shape index (κ3) is 11.3. The molecule has 4 heterocycles. The van der Waals surface area contributed by atoms with Gasteiger partial charge in [0.15, 0.2) is 0 Å². The van der Waals surface area contributed by atoms with E-state index in [0.29, 0.717) is 0 Å². The van der Waals surface area contributed by atoms with Gasteiger partial charge < -0.3 is 19.6 Å². The number of rotatable bonds is 12. The average Bonchev–Trinajstić information content (AvgIpc) is 0.698. The summed E-state index contributed by atoms with van der Waals surface area (Å²) in [5.41, 5.74) is 41.6. The first kappa shape index (κ1) is 66.3. The van der Waals surface area contributed by atoms with Gasteiger partial charge in [-0.25, -0.2) is 0 Å². The van der Waals surface area contributed by atoms with Gasteiger partial charge in [0.2, 0.25) is 0 Å². The molecule has 526 valence electrons. The van der Waals surface area contributed by atoms with E-state index in [1.165, 1.54) is 139 Å². The SMILES string of the molecule is CC(C)(C)c1cc2c3c(c1)N(c1ccccc1-c1ccccc1)c1cc(-c4ccc(-c5cccc(-c6ccc(N7c8ccc(-c9ccccc9)cc8B8c9cc(-c%10ccccc%10)ccc9N(c9ccc(-c%10ccccc%10)cc9)c9cccc7c98)cc6)c5)cc4)ccc1B3c1ccc(-c3ccccc3)cc1N2c1ccccc1. The quantitative estimate of drug-likeness (QED) is 0.113. The molecule has 17 aromatic rings. The topological polar surface area (TPSA) is 13.0 Å². The molecule has 0 unspecified atom stereocenters. The minimum absolute atomic E-state index is 0.0589. The number of benzene rings is 17. The summed E-state index contributed by atoms with van der Waals surface area (Å²) in [5.74, 6) is 0. The summed E-state index contributed by atoms with van der Waals surface area (Å²) in [5, 5.41) is 0. The van der Waals surface area contributed by atoms with Gasteiger partial charge in [0.1, 0.15) is 0 Å². The lowest BCUT2D eigenvalue weighted by molar-refractivity contribution is 0.590. The van der Waals surface area contributed by atoms with Gasteiger partial charge in [0.05, 0.1) is 5.69 Å². The second-order valence-electron chi connectivity index (χ2n) is 31.1. The fraction of sp³-hybridized carbons (Fsp3) is 0.0377. The molecule has 0 bridgehead atoms. The summed E-state index contributed by atoms with van der Waals surface area (Å²) in [6.45, 7) is 6.93. The van der Waals surface area contributed by atoms with E-state index in [1.54, 1.807) is 0 Å². The van der Waals surface area contributed by atoms with E-state index in [1.807, 2.05) is 0 Å². The van der Waals surface area contributed by atoms with Crippen LogP contribution >= 0.6 is 0 Å². The lowest BCUT2D eigenvalue weighted by Gasteiger charge is -2.45. The molecule has 0 fully saturated rings. The van der Waals surface area contributed by atoms with Crippen LogP contribution in [0.1, 0.15) is 26.3 Å². The van der Waals surface area contributed by atoms with Gasteiger partial charge in [-0.1, -0.05) is 330 Å². The summed E-state index contributed by atoms with van der Waals surface area (Å²) in [6.07, 6.45) is 0. The molecule has 0 radical (unpaired) electrons. The van der Waals surface area contributed by atoms with Crippen molar-refractivity contribution in [3.8, 4) is 89.0 Å². The Hall–Kier alpha value is -13.9. The van der Waals surface area contributed by atoms with E-state index in [4.69, 9.17) is 0 Å². The van der Waals surface area contributed by atoms with Gasteiger partial charge in [0.25, 0.3) is 13.4 Å². The molecule has 0 N–H and O–H groups in total. The van der Waals surface area contributed by atoms with E-state index in [9.17, 15) is 0 Å². The monoisotopic (exact) mass is 1430 g/mol.